The van der Waals surface area contributed by atoms with Crippen molar-refractivity contribution >= 4 is 5.69 Å². The zero-order valence-corrected chi connectivity index (χ0v) is 12.1. The predicted molar refractivity (Wildman–Crippen MR) is 75.9 cm³/mol. The van der Waals surface area contributed by atoms with Gasteiger partial charge in [-0.25, -0.2) is 4.39 Å². The van der Waals surface area contributed by atoms with Gasteiger partial charge in [0.05, 0.1) is 6.10 Å². The quantitative estimate of drug-likeness (QED) is 0.890. The van der Waals surface area contributed by atoms with Crippen LogP contribution in [0.1, 0.15) is 32.4 Å². The molecule has 1 aromatic rings. The van der Waals surface area contributed by atoms with Crippen molar-refractivity contribution in [1.82, 2.24) is 4.90 Å². The summed E-state index contributed by atoms with van der Waals surface area (Å²) in [6.07, 6.45) is -0.657. The average Bonchev–Trinajstić information content (AvgIpc) is 2.35. The smallest absolute Gasteiger partial charge is 0.123 e. The summed E-state index contributed by atoms with van der Waals surface area (Å²) < 4.78 is 13.4. The van der Waals surface area contributed by atoms with Crippen LogP contribution in [0.15, 0.2) is 18.2 Å². The number of aliphatic hydroxyl groups is 1. The number of aliphatic hydroxyl groups excluding tert-OH is 1. The zero-order valence-electron chi connectivity index (χ0n) is 12.1. The number of benzene rings is 1. The van der Waals surface area contributed by atoms with Crippen molar-refractivity contribution in [2.24, 2.45) is 0 Å². The number of rotatable bonds is 2. The molecule has 1 aliphatic heterocycles. The molecule has 2 rings (SSSR count). The number of piperazine rings is 1. The highest BCUT2D eigenvalue weighted by Gasteiger charge is 2.28. The molecule has 1 saturated heterocycles. The van der Waals surface area contributed by atoms with Gasteiger partial charge in [-0.1, -0.05) is 0 Å². The molecule has 1 aromatic carbocycles. The van der Waals surface area contributed by atoms with Gasteiger partial charge < -0.3 is 10.0 Å². The standard InChI is InChI=1S/C15H23FN2O/c1-10-8-18(9-11(2)17(10)4)15-6-5-13(16)7-14(15)12(3)19/h5-7,10-12,19H,8-9H2,1-4H3. The lowest BCUT2D eigenvalue weighted by atomic mass is 10.0. The van der Waals surface area contributed by atoms with E-state index in [9.17, 15) is 9.50 Å². The fraction of sp³-hybridized carbons (Fsp3) is 0.600. The molecule has 1 heterocycles. The van der Waals surface area contributed by atoms with Crippen molar-refractivity contribution < 1.29 is 9.50 Å². The second kappa shape index (κ2) is 5.47. The molecule has 0 saturated carbocycles. The lowest BCUT2D eigenvalue weighted by molar-refractivity contribution is 0.168. The molecule has 0 amide bonds. The van der Waals surface area contributed by atoms with Crippen LogP contribution in [-0.4, -0.2) is 42.2 Å². The number of likely N-dealkylation sites (N-methyl/N-ethyl adjacent to an activating group) is 1. The number of nitrogens with zero attached hydrogens (tertiary/aromatic N) is 2. The van der Waals surface area contributed by atoms with Gasteiger partial charge in [0.25, 0.3) is 0 Å². The Morgan fingerprint density at radius 1 is 1.26 bits per heavy atom. The van der Waals surface area contributed by atoms with E-state index in [4.69, 9.17) is 0 Å². The number of hydrogen-bond acceptors (Lipinski definition) is 3. The first-order chi connectivity index (χ1) is 8.90. The molecule has 106 valence electrons. The van der Waals surface area contributed by atoms with Crippen LogP contribution in [0.3, 0.4) is 0 Å². The summed E-state index contributed by atoms with van der Waals surface area (Å²) in [7, 11) is 2.13. The Morgan fingerprint density at radius 2 is 1.84 bits per heavy atom. The maximum absolute atomic E-state index is 13.4. The Labute approximate surface area is 114 Å². The van der Waals surface area contributed by atoms with Crippen LogP contribution in [-0.2, 0) is 0 Å². The van der Waals surface area contributed by atoms with Crippen molar-refractivity contribution in [2.45, 2.75) is 39.0 Å². The Kier molecular flexibility index (Phi) is 4.11. The first kappa shape index (κ1) is 14.3. The topological polar surface area (TPSA) is 26.7 Å². The van der Waals surface area contributed by atoms with Crippen LogP contribution >= 0.6 is 0 Å². The van der Waals surface area contributed by atoms with E-state index < -0.39 is 6.10 Å². The lowest BCUT2D eigenvalue weighted by Gasteiger charge is -2.44. The van der Waals surface area contributed by atoms with Crippen LogP contribution in [0.2, 0.25) is 0 Å². The van der Waals surface area contributed by atoms with Crippen LogP contribution < -0.4 is 4.90 Å². The summed E-state index contributed by atoms with van der Waals surface area (Å²) in [6.45, 7) is 7.85. The molecule has 3 unspecified atom stereocenters. The molecule has 1 aliphatic rings. The van der Waals surface area contributed by atoms with Crippen LogP contribution in [0.25, 0.3) is 0 Å². The van der Waals surface area contributed by atoms with Gasteiger partial charge in [-0.3, -0.25) is 4.90 Å². The van der Waals surface area contributed by atoms with E-state index in [2.05, 4.69) is 30.7 Å². The zero-order chi connectivity index (χ0) is 14.2. The molecule has 0 bridgehead atoms. The SMILES string of the molecule is CC(O)c1cc(F)ccc1N1CC(C)N(C)C(C)C1. The molecule has 0 aromatic heterocycles. The molecule has 0 radical (unpaired) electrons. The van der Waals surface area contributed by atoms with Crippen molar-refractivity contribution in [1.29, 1.82) is 0 Å². The number of halogens is 1. The molecule has 3 atom stereocenters. The van der Waals surface area contributed by atoms with Gasteiger partial charge in [0, 0.05) is 36.4 Å². The fourth-order valence-electron chi connectivity index (χ4n) is 2.75. The third-order valence-electron chi connectivity index (χ3n) is 4.14. The predicted octanol–water partition coefficient (Wildman–Crippen LogP) is 2.41. The summed E-state index contributed by atoms with van der Waals surface area (Å²) in [5.41, 5.74) is 1.62. The van der Waals surface area contributed by atoms with Crippen molar-refractivity contribution in [3.8, 4) is 0 Å². The van der Waals surface area contributed by atoms with Crippen LogP contribution in [0, 0.1) is 5.82 Å². The molecule has 0 spiro atoms. The van der Waals surface area contributed by atoms with Gasteiger partial charge in [0.2, 0.25) is 0 Å². The minimum atomic E-state index is -0.657. The van der Waals surface area contributed by atoms with Gasteiger partial charge >= 0.3 is 0 Å². The Morgan fingerprint density at radius 3 is 2.37 bits per heavy atom. The highest BCUT2D eigenvalue weighted by molar-refractivity contribution is 5.55. The minimum Gasteiger partial charge on any atom is -0.389 e. The van der Waals surface area contributed by atoms with E-state index in [0.717, 1.165) is 18.8 Å². The maximum atomic E-state index is 13.4. The van der Waals surface area contributed by atoms with Crippen LogP contribution in [0.5, 0.6) is 0 Å². The van der Waals surface area contributed by atoms with Crippen molar-refractivity contribution in [3.05, 3.63) is 29.6 Å². The first-order valence-corrected chi connectivity index (χ1v) is 6.84. The summed E-state index contributed by atoms with van der Waals surface area (Å²) in [6, 6.07) is 5.57. The van der Waals surface area contributed by atoms with Crippen LogP contribution in [0.4, 0.5) is 10.1 Å². The number of anilines is 1. The van der Waals surface area contributed by atoms with Gasteiger partial charge in [-0.2, -0.15) is 0 Å². The molecule has 0 aliphatic carbocycles. The molecule has 4 heteroatoms. The Hall–Kier alpha value is -1.13. The third-order valence-corrected chi connectivity index (χ3v) is 4.14. The largest absolute Gasteiger partial charge is 0.389 e. The highest BCUT2D eigenvalue weighted by atomic mass is 19.1. The Balaban J connectivity index is 2.31. The molecule has 19 heavy (non-hydrogen) atoms. The Bertz CT molecular complexity index is 438. The second-order valence-corrected chi connectivity index (χ2v) is 5.65. The van der Waals surface area contributed by atoms with Crippen molar-refractivity contribution in [3.63, 3.8) is 0 Å². The van der Waals surface area contributed by atoms with E-state index in [1.54, 1.807) is 13.0 Å². The van der Waals surface area contributed by atoms with Gasteiger partial charge in [0.1, 0.15) is 5.82 Å². The third kappa shape index (κ3) is 2.90. The minimum absolute atomic E-state index is 0.296. The number of hydrogen-bond donors (Lipinski definition) is 1. The molecule has 1 N–H and O–H groups in total. The fourth-order valence-corrected chi connectivity index (χ4v) is 2.75. The van der Waals surface area contributed by atoms with E-state index in [0.29, 0.717) is 17.6 Å². The maximum Gasteiger partial charge on any atom is 0.123 e. The van der Waals surface area contributed by atoms with E-state index >= 15 is 0 Å². The van der Waals surface area contributed by atoms with Gasteiger partial charge in [0.15, 0.2) is 0 Å². The molecule has 1 fully saturated rings. The first-order valence-electron chi connectivity index (χ1n) is 6.84. The summed E-state index contributed by atoms with van der Waals surface area (Å²) >= 11 is 0. The summed E-state index contributed by atoms with van der Waals surface area (Å²) in [5.74, 6) is -0.296. The highest BCUT2D eigenvalue weighted by Crippen LogP contribution is 2.29. The lowest BCUT2D eigenvalue weighted by Crippen LogP contribution is -2.55. The molecule has 3 nitrogen and oxygen atoms in total. The summed E-state index contributed by atoms with van der Waals surface area (Å²) in [5, 5.41) is 9.84. The second-order valence-electron chi connectivity index (χ2n) is 5.65. The normalized spacial score (nSPS) is 26.5. The van der Waals surface area contributed by atoms with E-state index in [1.807, 2.05) is 0 Å². The van der Waals surface area contributed by atoms with E-state index in [1.165, 1.54) is 12.1 Å². The molecular weight excluding hydrogens is 243 g/mol. The monoisotopic (exact) mass is 266 g/mol. The van der Waals surface area contributed by atoms with Gasteiger partial charge in [-0.05, 0) is 46.0 Å². The average molecular weight is 266 g/mol. The van der Waals surface area contributed by atoms with E-state index in [-0.39, 0.29) is 5.82 Å². The molecular formula is C15H23FN2O. The van der Waals surface area contributed by atoms with Gasteiger partial charge in [-0.15, -0.1) is 0 Å². The van der Waals surface area contributed by atoms with Crippen molar-refractivity contribution in [2.75, 3.05) is 25.0 Å². The summed E-state index contributed by atoms with van der Waals surface area (Å²) in [4.78, 5) is 4.60.